The first kappa shape index (κ1) is 12.7. The van der Waals surface area contributed by atoms with Gasteiger partial charge >= 0.3 is 0 Å². The zero-order chi connectivity index (χ0) is 11.1. The van der Waals surface area contributed by atoms with Crippen LogP contribution in [0, 0.1) is 11.3 Å². The molecular weight excluding hydrogens is 178 g/mol. The number of rotatable bonds is 5. The van der Waals surface area contributed by atoms with Crippen LogP contribution in [-0.4, -0.2) is 29.9 Å². The molecule has 0 saturated heterocycles. The van der Waals surface area contributed by atoms with E-state index in [0.717, 1.165) is 0 Å². The van der Waals surface area contributed by atoms with E-state index in [4.69, 9.17) is 11.0 Å². The largest absolute Gasteiger partial charge is 0.341 e. The molecule has 0 fully saturated rings. The van der Waals surface area contributed by atoms with Crippen molar-refractivity contribution in [1.82, 2.24) is 4.90 Å². The summed E-state index contributed by atoms with van der Waals surface area (Å²) in [5, 5.41) is 8.47. The summed E-state index contributed by atoms with van der Waals surface area (Å²) in [6.07, 6.45) is 2.40. The highest BCUT2D eigenvalue weighted by molar-refractivity contribution is 5.81. The number of likely N-dealkylation sites (N-methyl/N-ethyl adjacent to an activating group) is 1. The van der Waals surface area contributed by atoms with Gasteiger partial charge in [0.05, 0.1) is 18.5 Å². The van der Waals surface area contributed by atoms with Gasteiger partial charge < -0.3 is 10.6 Å². The average Bonchev–Trinajstić information content (AvgIpc) is 2.16. The van der Waals surface area contributed by atoms with E-state index in [1.165, 1.54) is 4.90 Å². The van der Waals surface area contributed by atoms with E-state index < -0.39 is 6.04 Å². The molecule has 0 rings (SSSR count). The van der Waals surface area contributed by atoms with Crippen LogP contribution in [0.2, 0.25) is 0 Å². The Kier molecular flexibility index (Phi) is 5.58. The summed E-state index contributed by atoms with van der Waals surface area (Å²) in [6, 6.07) is 1.38. The van der Waals surface area contributed by atoms with Crippen LogP contribution in [0.3, 0.4) is 0 Å². The quantitative estimate of drug-likeness (QED) is 0.655. The van der Waals surface area contributed by atoms with Crippen LogP contribution in [0.15, 0.2) is 12.7 Å². The van der Waals surface area contributed by atoms with E-state index in [2.05, 4.69) is 6.58 Å². The summed E-state index contributed by atoms with van der Waals surface area (Å²) in [4.78, 5) is 13.1. The van der Waals surface area contributed by atoms with Gasteiger partial charge in [-0.3, -0.25) is 4.79 Å². The van der Waals surface area contributed by atoms with Crippen molar-refractivity contribution in [3.63, 3.8) is 0 Å². The van der Waals surface area contributed by atoms with E-state index in [-0.39, 0.29) is 11.9 Å². The van der Waals surface area contributed by atoms with Crippen molar-refractivity contribution in [2.75, 3.05) is 7.05 Å². The Labute approximate surface area is 85.0 Å². The van der Waals surface area contributed by atoms with Crippen molar-refractivity contribution in [2.45, 2.75) is 31.8 Å². The molecule has 0 aromatic rings. The van der Waals surface area contributed by atoms with Crippen LogP contribution in [0.4, 0.5) is 0 Å². The number of hydrogen-bond donors (Lipinski definition) is 1. The van der Waals surface area contributed by atoms with Crippen molar-refractivity contribution in [3.8, 4) is 6.07 Å². The zero-order valence-corrected chi connectivity index (χ0v) is 8.73. The number of nitrogens with two attached hydrogens (primary N) is 1. The van der Waals surface area contributed by atoms with Gasteiger partial charge in [0.25, 0.3) is 0 Å². The first-order chi connectivity index (χ1) is 6.54. The van der Waals surface area contributed by atoms with Gasteiger partial charge in [0.2, 0.25) is 5.91 Å². The molecule has 0 heterocycles. The van der Waals surface area contributed by atoms with E-state index in [9.17, 15) is 4.79 Å². The van der Waals surface area contributed by atoms with Crippen molar-refractivity contribution in [1.29, 1.82) is 5.26 Å². The summed E-state index contributed by atoms with van der Waals surface area (Å²) in [5.41, 5.74) is 5.62. The molecule has 0 aliphatic rings. The van der Waals surface area contributed by atoms with Crippen LogP contribution < -0.4 is 5.73 Å². The molecule has 0 spiro atoms. The van der Waals surface area contributed by atoms with E-state index in [1.54, 1.807) is 13.1 Å². The lowest BCUT2D eigenvalue weighted by molar-refractivity contribution is -0.132. The topological polar surface area (TPSA) is 70.1 Å². The maximum absolute atomic E-state index is 11.6. The van der Waals surface area contributed by atoms with Crippen LogP contribution in [-0.2, 0) is 4.79 Å². The molecule has 4 heteroatoms. The second-order valence-electron chi connectivity index (χ2n) is 3.29. The summed E-state index contributed by atoms with van der Waals surface area (Å²) >= 11 is 0. The van der Waals surface area contributed by atoms with Gasteiger partial charge in [-0.05, 0) is 13.3 Å². The monoisotopic (exact) mass is 195 g/mol. The van der Waals surface area contributed by atoms with Gasteiger partial charge in [0.15, 0.2) is 0 Å². The minimum atomic E-state index is -0.543. The Morgan fingerprint density at radius 2 is 2.36 bits per heavy atom. The van der Waals surface area contributed by atoms with Crippen molar-refractivity contribution >= 4 is 5.91 Å². The highest BCUT2D eigenvalue weighted by Crippen LogP contribution is 2.03. The lowest BCUT2D eigenvalue weighted by atomic mass is 10.1. The van der Waals surface area contributed by atoms with Crippen molar-refractivity contribution < 1.29 is 4.79 Å². The number of carbonyl (C=O) groups is 1. The average molecular weight is 195 g/mol. The van der Waals surface area contributed by atoms with Crippen molar-refractivity contribution in [2.24, 2.45) is 5.73 Å². The number of nitrogens with zero attached hydrogens (tertiary/aromatic N) is 2. The Hall–Kier alpha value is -1.34. The first-order valence-corrected chi connectivity index (χ1v) is 4.54. The molecule has 2 N–H and O–H groups in total. The molecule has 1 amide bonds. The van der Waals surface area contributed by atoms with Crippen LogP contribution in [0.25, 0.3) is 0 Å². The molecule has 4 nitrogen and oxygen atoms in total. The molecule has 0 aromatic carbocycles. The smallest absolute Gasteiger partial charge is 0.239 e. The lowest BCUT2D eigenvalue weighted by Crippen LogP contribution is -2.45. The Balaban J connectivity index is 4.24. The van der Waals surface area contributed by atoms with Gasteiger partial charge in [-0.25, -0.2) is 0 Å². The van der Waals surface area contributed by atoms with Crippen LogP contribution in [0.5, 0.6) is 0 Å². The van der Waals surface area contributed by atoms with Crippen LogP contribution >= 0.6 is 0 Å². The van der Waals surface area contributed by atoms with Crippen molar-refractivity contribution in [3.05, 3.63) is 12.7 Å². The molecule has 2 unspecified atom stereocenters. The molecule has 78 valence electrons. The fourth-order valence-corrected chi connectivity index (χ4v) is 1.03. The summed E-state index contributed by atoms with van der Waals surface area (Å²) < 4.78 is 0. The Morgan fingerprint density at radius 1 is 1.79 bits per heavy atom. The maximum Gasteiger partial charge on any atom is 0.239 e. The molecule has 0 saturated carbocycles. The molecule has 0 aliphatic heterocycles. The number of hydrogen-bond acceptors (Lipinski definition) is 3. The normalized spacial score (nSPS) is 13.9. The van der Waals surface area contributed by atoms with E-state index in [1.807, 2.05) is 13.0 Å². The second kappa shape index (κ2) is 6.17. The third kappa shape index (κ3) is 3.58. The fraction of sp³-hybridized carbons (Fsp3) is 0.600. The lowest BCUT2D eigenvalue weighted by Gasteiger charge is -2.25. The highest BCUT2D eigenvalue weighted by Gasteiger charge is 2.20. The van der Waals surface area contributed by atoms with Crippen LogP contribution in [0.1, 0.15) is 19.8 Å². The molecule has 2 atom stereocenters. The van der Waals surface area contributed by atoms with E-state index >= 15 is 0 Å². The van der Waals surface area contributed by atoms with Gasteiger partial charge in [0.1, 0.15) is 0 Å². The Bertz CT molecular complexity index is 244. The standard InChI is InChI=1S/C10H17N3O/c1-4-5-9(12)10(14)13(3)8(2)6-7-11/h4,8-9H,1,5-6,12H2,2-3H3. The number of amides is 1. The Morgan fingerprint density at radius 3 is 2.79 bits per heavy atom. The number of carbonyl (C=O) groups excluding carboxylic acids is 1. The molecule has 0 bridgehead atoms. The summed E-state index contributed by atoms with van der Waals surface area (Å²) in [5.74, 6) is -0.146. The molecule has 0 radical (unpaired) electrons. The highest BCUT2D eigenvalue weighted by atomic mass is 16.2. The maximum atomic E-state index is 11.6. The minimum absolute atomic E-state index is 0.0941. The zero-order valence-electron chi connectivity index (χ0n) is 8.73. The molecular formula is C10H17N3O. The molecule has 0 aromatic heterocycles. The summed E-state index contributed by atoms with van der Waals surface area (Å²) in [7, 11) is 1.66. The number of nitriles is 1. The minimum Gasteiger partial charge on any atom is -0.341 e. The second-order valence-corrected chi connectivity index (χ2v) is 3.29. The molecule has 0 aliphatic carbocycles. The SMILES string of the molecule is C=CCC(N)C(=O)N(C)C(C)CC#N. The molecule has 14 heavy (non-hydrogen) atoms. The van der Waals surface area contributed by atoms with Gasteiger partial charge in [-0.2, -0.15) is 5.26 Å². The first-order valence-electron chi connectivity index (χ1n) is 4.54. The fourth-order valence-electron chi connectivity index (χ4n) is 1.03. The predicted octanol–water partition coefficient (Wildman–Crippen LogP) is 0.650. The van der Waals surface area contributed by atoms with Gasteiger partial charge in [-0.1, -0.05) is 6.08 Å². The predicted molar refractivity (Wildman–Crippen MR) is 55.3 cm³/mol. The summed E-state index contributed by atoms with van der Waals surface area (Å²) in [6.45, 7) is 5.34. The van der Waals surface area contributed by atoms with Gasteiger partial charge in [-0.15, -0.1) is 6.58 Å². The third-order valence-electron chi connectivity index (χ3n) is 2.13. The third-order valence-corrected chi connectivity index (χ3v) is 2.13. The van der Waals surface area contributed by atoms with Gasteiger partial charge in [0, 0.05) is 13.1 Å². The van der Waals surface area contributed by atoms with E-state index in [0.29, 0.717) is 12.8 Å².